The summed E-state index contributed by atoms with van der Waals surface area (Å²) in [4.78, 5) is 23.7. The predicted octanol–water partition coefficient (Wildman–Crippen LogP) is 3.45. The molecule has 0 bridgehead atoms. The number of hydrogen-bond donors (Lipinski definition) is 1. The number of nitro groups is 1. The number of hydrogen-bond acceptors (Lipinski definition) is 6. The molecule has 3 rings (SSSR count). The number of aromatic hydroxyl groups is 1. The molecule has 0 saturated heterocycles. The topological polar surface area (TPSA) is 96.0 Å². The predicted molar refractivity (Wildman–Crippen MR) is 90.1 cm³/mol. The van der Waals surface area contributed by atoms with Crippen LogP contribution < -0.4 is 0 Å². The highest BCUT2D eigenvalue weighted by molar-refractivity contribution is 7.12. The molecule has 7 nitrogen and oxygen atoms in total. The van der Waals surface area contributed by atoms with E-state index in [0.29, 0.717) is 12.0 Å². The van der Waals surface area contributed by atoms with E-state index in [1.54, 1.807) is 6.92 Å². The molecular formula is C16H15N3O4S. The maximum absolute atomic E-state index is 12.2. The number of carbonyl (C=O) groups is 1. The van der Waals surface area contributed by atoms with Crippen LogP contribution >= 0.6 is 11.3 Å². The van der Waals surface area contributed by atoms with Crippen LogP contribution in [-0.4, -0.2) is 26.7 Å². The standard InChI is InChI=1S/C16H15N3O4S/c1-2-16(21)18-13(9-12(17-18)15-4-3-7-24-15)11-8-10(19(22)23)5-6-14(11)20/h3-8,13,20H,2,9H2,1H3/t13-/m0/s1. The van der Waals surface area contributed by atoms with Gasteiger partial charge in [-0.3, -0.25) is 14.9 Å². The lowest BCUT2D eigenvalue weighted by atomic mass is 9.99. The second kappa shape index (κ2) is 6.40. The van der Waals surface area contributed by atoms with Crippen molar-refractivity contribution in [1.82, 2.24) is 5.01 Å². The third kappa shape index (κ3) is 2.88. The van der Waals surface area contributed by atoms with Crippen molar-refractivity contribution < 1.29 is 14.8 Å². The van der Waals surface area contributed by atoms with Gasteiger partial charge in [-0.15, -0.1) is 11.3 Å². The molecule has 124 valence electrons. The van der Waals surface area contributed by atoms with Crippen molar-refractivity contribution in [2.45, 2.75) is 25.8 Å². The molecule has 2 heterocycles. The lowest BCUT2D eigenvalue weighted by molar-refractivity contribution is -0.385. The second-order valence-electron chi connectivity index (χ2n) is 5.34. The maximum Gasteiger partial charge on any atom is 0.270 e. The third-order valence-corrected chi connectivity index (χ3v) is 4.77. The number of carbonyl (C=O) groups excluding carboxylic acids is 1. The minimum absolute atomic E-state index is 0.0814. The fourth-order valence-electron chi connectivity index (χ4n) is 2.66. The van der Waals surface area contributed by atoms with Crippen molar-refractivity contribution in [1.29, 1.82) is 0 Å². The van der Waals surface area contributed by atoms with Crippen LogP contribution in [0.25, 0.3) is 0 Å². The number of amides is 1. The van der Waals surface area contributed by atoms with Gasteiger partial charge in [0.15, 0.2) is 0 Å². The number of nitro benzene ring substituents is 1. The highest BCUT2D eigenvalue weighted by Gasteiger charge is 2.35. The van der Waals surface area contributed by atoms with E-state index < -0.39 is 11.0 Å². The average Bonchev–Trinajstić information content (AvgIpc) is 3.23. The molecule has 2 aromatic rings. The Kier molecular flexibility index (Phi) is 4.30. The molecule has 0 saturated carbocycles. The van der Waals surface area contributed by atoms with Crippen LogP contribution in [0, 0.1) is 10.1 Å². The summed E-state index contributed by atoms with van der Waals surface area (Å²) in [5.74, 6) is -0.278. The Hall–Kier alpha value is -2.74. The first-order valence-electron chi connectivity index (χ1n) is 7.42. The van der Waals surface area contributed by atoms with Crippen molar-refractivity contribution in [2.24, 2.45) is 5.10 Å². The molecule has 0 aliphatic carbocycles. The number of thiophene rings is 1. The lowest BCUT2D eigenvalue weighted by Gasteiger charge is -2.22. The zero-order chi connectivity index (χ0) is 17.3. The summed E-state index contributed by atoms with van der Waals surface area (Å²) in [6, 6.07) is 7.09. The summed E-state index contributed by atoms with van der Waals surface area (Å²) >= 11 is 1.51. The van der Waals surface area contributed by atoms with E-state index in [-0.39, 0.29) is 23.8 Å². The van der Waals surface area contributed by atoms with Crippen LogP contribution in [0.1, 0.15) is 36.2 Å². The molecule has 0 spiro atoms. The molecule has 0 fully saturated rings. The molecule has 0 unspecified atom stereocenters. The van der Waals surface area contributed by atoms with E-state index in [0.717, 1.165) is 10.6 Å². The number of benzene rings is 1. The fraction of sp³-hybridized carbons (Fsp3) is 0.250. The van der Waals surface area contributed by atoms with Gasteiger partial charge in [-0.1, -0.05) is 13.0 Å². The molecule has 1 amide bonds. The highest BCUT2D eigenvalue weighted by atomic mass is 32.1. The van der Waals surface area contributed by atoms with E-state index in [4.69, 9.17) is 0 Å². The first kappa shape index (κ1) is 16.1. The highest BCUT2D eigenvalue weighted by Crippen LogP contribution is 2.39. The van der Waals surface area contributed by atoms with Crippen LogP contribution in [0.15, 0.2) is 40.8 Å². The Labute approximate surface area is 142 Å². The van der Waals surface area contributed by atoms with Gasteiger partial charge in [0.2, 0.25) is 5.91 Å². The summed E-state index contributed by atoms with van der Waals surface area (Å²) in [6.07, 6.45) is 0.661. The van der Waals surface area contributed by atoms with Crippen LogP contribution in [0.2, 0.25) is 0 Å². The number of non-ortho nitro benzene ring substituents is 1. The summed E-state index contributed by atoms with van der Waals surface area (Å²) in [6.45, 7) is 1.73. The third-order valence-electron chi connectivity index (χ3n) is 3.85. The van der Waals surface area contributed by atoms with E-state index in [1.807, 2.05) is 17.5 Å². The van der Waals surface area contributed by atoms with Gasteiger partial charge in [0.05, 0.1) is 21.6 Å². The van der Waals surface area contributed by atoms with E-state index in [2.05, 4.69) is 5.10 Å². The first-order valence-corrected chi connectivity index (χ1v) is 8.30. The normalized spacial score (nSPS) is 17.0. The second-order valence-corrected chi connectivity index (χ2v) is 6.28. The zero-order valence-electron chi connectivity index (χ0n) is 12.9. The van der Waals surface area contributed by atoms with Crippen LogP contribution in [0.5, 0.6) is 5.75 Å². The van der Waals surface area contributed by atoms with Gasteiger partial charge >= 0.3 is 0 Å². The summed E-state index contributed by atoms with van der Waals surface area (Å²) in [5, 5.41) is 28.8. The maximum atomic E-state index is 12.2. The van der Waals surface area contributed by atoms with Crippen molar-refractivity contribution in [3.63, 3.8) is 0 Å². The van der Waals surface area contributed by atoms with E-state index in [9.17, 15) is 20.0 Å². The average molecular weight is 345 g/mol. The molecule has 1 atom stereocenters. The monoisotopic (exact) mass is 345 g/mol. The summed E-state index contributed by atoms with van der Waals surface area (Å²) in [7, 11) is 0. The molecule has 1 N–H and O–H groups in total. The minimum atomic E-state index is -0.547. The molecule has 1 aliphatic heterocycles. The Morgan fingerprint density at radius 1 is 1.50 bits per heavy atom. The van der Waals surface area contributed by atoms with Gasteiger partial charge in [0.1, 0.15) is 5.75 Å². The van der Waals surface area contributed by atoms with Gasteiger partial charge in [0, 0.05) is 30.5 Å². The van der Waals surface area contributed by atoms with Crippen molar-refractivity contribution in [3.05, 3.63) is 56.3 Å². The van der Waals surface area contributed by atoms with Crippen molar-refractivity contribution in [2.75, 3.05) is 0 Å². The molecule has 1 aromatic carbocycles. The molecule has 0 radical (unpaired) electrons. The summed E-state index contributed by atoms with van der Waals surface area (Å²) < 4.78 is 0. The van der Waals surface area contributed by atoms with Crippen LogP contribution in [0.3, 0.4) is 0 Å². The SMILES string of the molecule is CCC(=O)N1N=C(c2cccs2)C[C@H]1c1cc([N+](=O)[O-])ccc1O. The molecule has 8 heteroatoms. The number of nitrogens with zero attached hydrogens (tertiary/aromatic N) is 3. The van der Waals surface area contributed by atoms with Gasteiger partial charge < -0.3 is 5.11 Å². The van der Waals surface area contributed by atoms with E-state index in [1.165, 1.54) is 34.5 Å². The number of phenolic OH excluding ortho intramolecular Hbond substituents is 1. The molecule has 1 aliphatic rings. The van der Waals surface area contributed by atoms with E-state index >= 15 is 0 Å². The molecular weight excluding hydrogens is 330 g/mol. The fourth-order valence-corrected chi connectivity index (χ4v) is 3.38. The molecule has 1 aromatic heterocycles. The first-order chi connectivity index (χ1) is 11.5. The van der Waals surface area contributed by atoms with Crippen LogP contribution in [-0.2, 0) is 4.79 Å². The number of rotatable bonds is 4. The Morgan fingerprint density at radius 2 is 2.29 bits per heavy atom. The van der Waals surface area contributed by atoms with Crippen molar-refractivity contribution >= 4 is 28.6 Å². The number of hydrazone groups is 1. The summed E-state index contributed by atoms with van der Waals surface area (Å²) in [5.41, 5.74) is 0.945. The zero-order valence-corrected chi connectivity index (χ0v) is 13.7. The molecule has 24 heavy (non-hydrogen) atoms. The number of phenols is 1. The van der Waals surface area contributed by atoms with Crippen molar-refractivity contribution in [3.8, 4) is 5.75 Å². The largest absolute Gasteiger partial charge is 0.508 e. The van der Waals surface area contributed by atoms with Gasteiger partial charge in [-0.2, -0.15) is 5.10 Å². The van der Waals surface area contributed by atoms with Gasteiger partial charge in [-0.25, -0.2) is 5.01 Å². The van der Waals surface area contributed by atoms with Gasteiger partial charge in [-0.05, 0) is 17.5 Å². The lowest BCUT2D eigenvalue weighted by Crippen LogP contribution is -2.26. The Bertz CT molecular complexity index is 817. The quantitative estimate of drug-likeness (QED) is 0.678. The Balaban J connectivity index is 2.02. The smallest absolute Gasteiger partial charge is 0.270 e. The Morgan fingerprint density at radius 3 is 2.92 bits per heavy atom. The van der Waals surface area contributed by atoms with Gasteiger partial charge in [0.25, 0.3) is 5.69 Å². The van der Waals surface area contributed by atoms with Crippen LogP contribution in [0.4, 0.5) is 5.69 Å². The minimum Gasteiger partial charge on any atom is -0.508 e.